The Morgan fingerprint density at radius 2 is 2.11 bits per heavy atom. The molecule has 6 heteroatoms. The lowest BCUT2D eigenvalue weighted by Gasteiger charge is -2.07. The molecule has 0 amide bonds. The third-order valence-corrected chi connectivity index (χ3v) is 5.97. The molecule has 19 heavy (non-hydrogen) atoms. The van der Waals surface area contributed by atoms with Crippen LogP contribution in [0.4, 0.5) is 0 Å². The summed E-state index contributed by atoms with van der Waals surface area (Å²) in [6.45, 7) is 0. The Morgan fingerprint density at radius 3 is 2.63 bits per heavy atom. The van der Waals surface area contributed by atoms with E-state index >= 15 is 0 Å². The monoisotopic (exact) mass is 417 g/mol. The van der Waals surface area contributed by atoms with E-state index in [4.69, 9.17) is 11.6 Å². The second-order valence-corrected chi connectivity index (χ2v) is 7.37. The highest BCUT2D eigenvalue weighted by Gasteiger charge is 2.24. The number of nitrogens with zero attached hydrogens (tertiary/aromatic N) is 1. The number of ketones is 1. The molecule has 0 aliphatic carbocycles. The van der Waals surface area contributed by atoms with Gasteiger partial charge in [0.05, 0.1) is 14.7 Å². The van der Waals surface area contributed by atoms with Crippen molar-refractivity contribution in [2.45, 2.75) is 5.92 Å². The van der Waals surface area contributed by atoms with E-state index in [0.29, 0.717) is 15.5 Å². The number of halogens is 3. The van der Waals surface area contributed by atoms with Crippen LogP contribution in [0.5, 0.6) is 0 Å². The van der Waals surface area contributed by atoms with Crippen molar-refractivity contribution >= 4 is 60.6 Å². The molecule has 2 rings (SSSR count). The fraction of sp³-hybridized carbons (Fsp3) is 0.0769. The van der Waals surface area contributed by atoms with Gasteiger partial charge in [0.25, 0.3) is 0 Å². The first-order valence-corrected chi connectivity index (χ1v) is 7.95. The molecule has 0 N–H and O–H groups in total. The molecule has 0 aliphatic heterocycles. The fourth-order valence-corrected chi connectivity index (χ4v) is 3.79. The quantitative estimate of drug-likeness (QED) is 0.624. The van der Waals surface area contributed by atoms with Crippen molar-refractivity contribution in [3.63, 3.8) is 0 Å². The van der Waals surface area contributed by atoms with Gasteiger partial charge in [-0.15, -0.1) is 11.3 Å². The Bertz CT molecular complexity index is 658. The Labute approximate surface area is 136 Å². The molecule has 1 aromatic carbocycles. The topological polar surface area (TPSA) is 40.9 Å². The second kappa shape index (κ2) is 6.19. The van der Waals surface area contributed by atoms with Crippen molar-refractivity contribution in [3.8, 4) is 6.07 Å². The minimum absolute atomic E-state index is 0.221. The van der Waals surface area contributed by atoms with Gasteiger partial charge in [0.2, 0.25) is 0 Å². The lowest BCUT2D eigenvalue weighted by Crippen LogP contribution is -2.09. The maximum absolute atomic E-state index is 12.4. The number of Topliss-reactive ketones (excluding diaryl/α,β-unsaturated/α-hetero) is 1. The van der Waals surface area contributed by atoms with Crippen LogP contribution in [0.2, 0.25) is 5.02 Å². The molecule has 2 aromatic rings. The van der Waals surface area contributed by atoms with E-state index in [1.807, 2.05) is 6.07 Å². The lowest BCUT2D eigenvalue weighted by atomic mass is 9.95. The number of benzene rings is 1. The highest BCUT2D eigenvalue weighted by atomic mass is 79.9. The molecular weight excluding hydrogens is 413 g/mol. The van der Waals surface area contributed by atoms with Gasteiger partial charge in [0, 0.05) is 9.50 Å². The third-order valence-electron chi connectivity index (χ3n) is 2.46. The minimum atomic E-state index is -0.837. The van der Waals surface area contributed by atoms with Gasteiger partial charge in [0.15, 0.2) is 5.78 Å². The number of rotatable bonds is 3. The van der Waals surface area contributed by atoms with E-state index in [-0.39, 0.29) is 5.78 Å². The van der Waals surface area contributed by atoms with E-state index in [1.165, 1.54) is 11.3 Å². The van der Waals surface area contributed by atoms with Crippen LogP contribution in [0, 0.1) is 11.3 Å². The van der Waals surface area contributed by atoms with Gasteiger partial charge in [-0.3, -0.25) is 4.79 Å². The Kier molecular flexibility index (Phi) is 4.80. The molecule has 2 nitrogen and oxygen atoms in total. The average Bonchev–Trinajstić information content (AvgIpc) is 2.70. The predicted octanol–water partition coefficient (Wildman–Crippen LogP) is 5.42. The highest BCUT2D eigenvalue weighted by molar-refractivity contribution is 9.13. The molecule has 0 bridgehead atoms. The van der Waals surface area contributed by atoms with E-state index < -0.39 is 5.92 Å². The van der Waals surface area contributed by atoms with Crippen LogP contribution in [-0.2, 0) is 0 Å². The normalized spacial score (nSPS) is 11.9. The maximum Gasteiger partial charge on any atom is 0.194 e. The molecule has 0 aliphatic rings. The van der Waals surface area contributed by atoms with Crippen molar-refractivity contribution in [1.82, 2.24) is 0 Å². The molecule has 0 radical (unpaired) electrons. The largest absolute Gasteiger partial charge is 0.291 e. The molecule has 96 valence electrons. The Balaban J connectivity index is 2.38. The van der Waals surface area contributed by atoms with Crippen LogP contribution in [0.25, 0.3) is 0 Å². The summed E-state index contributed by atoms with van der Waals surface area (Å²) in [7, 11) is 0. The fourth-order valence-electron chi connectivity index (χ4n) is 1.58. The van der Waals surface area contributed by atoms with Crippen molar-refractivity contribution in [2.24, 2.45) is 0 Å². The Hall–Kier alpha value is -0.670. The predicted molar refractivity (Wildman–Crippen MR) is 83.9 cm³/mol. The van der Waals surface area contributed by atoms with Crippen molar-refractivity contribution in [2.75, 3.05) is 0 Å². The van der Waals surface area contributed by atoms with Crippen molar-refractivity contribution in [3.05, 3.63) is 54.1 Å². The number of nitriles is 1. The average molecular weight is 420 g/mol. The number of carbonyl (C=O) groups excluding carboxylic acids is 1. The number of hydrogen-bond donors (Lipinski definition) is 0. The standard InChI is InChI=1S/C13H6Br2ClNOS/c14-10-5-11(19-13(10)15)12(18)9(6-17)7-2-1-3-8(16)4-7/h1-5,9H. The first-order chi connectivity index (χ1) is 9.02. The van der Waals surface area contributed by atoms with E-state index in [0.717, 1.165) is 8.26 Å². The molecular formula is C13H6Br2ClNOS. The van der Waals surface area contributed by atoms with E-state index in [9.17, 15) is 10.1 Å². The summed E-state index contributed by atoms with van der Waals surface area (Å²) in [5.41, 5.74) is 0.612. The first kappa shape index (κ1) is 14.7. The summed E-state index contributed by atoms with van der Waals surface area (Å²) in [6, 6.07) is 10.6. The summed E-state index contributed by atoms with van der Waals surface area (Å²) in [5, 5.41) is 9.76. The number of thiophene rings is 1. The van der Waals surface area contributed by atoms with Crippen molar-refractivity contribution in [1.29, 1.82) is 5.26 Å². The van der Waals surface area contributed by atoms with Gasteiger partial charge >= 0.3 is 0 Å². The van der Waals surface area contributed by atoms with Crippen molar-refractivity contribution < 1.29 is 4.79 Å². The number of carbonyl (C=O) groups is 1. The molecule has 0 spiro atoms. The zero-order chi connectivity index (χ0) is 14.0. The Morgan fingerprint density at radius 1 is 1.37 bits per heavy atom. The minimum Gasteiger partial charge on any atom is -0.291 e. The summed E-state index contributed by atoms with van der Waals surface area (Å²) in [5.74, 6) is -1.06. The molecule has 0 saturated heterocycles. The summed E-state index contributed by atoms with van der Waals surface area (Å²) in [6.07, 6.45) is 0. The highest BCUT2D eigenvalue weighted by Crippen LogP contribution is 2.35. The van der Waals surface area contributed by atoms with Crippen LogP contribution in [0.3, 0.4) is 0 Å². The number of hydrogen-bond acceptors (Lipinski definition) is 3. The van der Waals surface area contributed by atoms with Crippen LogP contribution in [0.15, 0.2) is 38.6 Å². The van der Waals surface area contributed by atoms with Gasteiger partial charge in [0.1, 0.15) is 5.92 Å². The van der Waals surface area contributed by atoms with Gasteiger partial charge in [-0.05, 0) is 55.6 Å². The summed E-state index contributed by atoms with van der Waals surface area (Å²) >= 11 is 13.9. The van der Waals surface area contributed by atoms with E-state index in [1.54, 1.807) is 30.3 Å². The smallest absolute Gasteiger partial charge is 0.194 e. The molecule has 0 saturated carbocycles. The zero-order valence-corrected chi connectivity index (χ0v) is 14.1. The van der Waals surface area contributed by atoms with Gasteiger partial charge in [-0.1, -0.05) is 23.7 Å². The van der Waals surface area contributed by atoms with Gasteiger partial charge < -0.3 is 0 Å². The van der Waals surface area contributed by atoms with E-state index in [2.05, 4.69) is 31.9 Å². The summed E-state index contributed by atoms with van der Waals surface area (Å²) in [4.78, 5) is 12.9. The molecule has 1 aromatic heterocycles. The summed E-state index contributed by atoms with van der Waals surface area (Å²) < 4.78 is 1.64. The second-order valence-electron chi connectivity index (χ2n) is 3.71. The first-order valence-electron chi connectivity index (χ1n) is 5.17. The van der Waals surface area contributed by atoms with Gasteiger partial charge in [-0.2, -0.15) is 5.26 Å². The maximum atomic E-state index is 12.4. The molecule has 1 unspecified atom stereocenters. The van der Waals surface area contributed by atoms with Crippen LogP contribution in [0.1, 0.15) is 21.2 Å². The van der Waals surface area contributed by atoms with Crippen LogP contribution in [-0.4, -0.2) is 5.78 Å². The molecule has 1 atom stereocenters. The third kappa shape index (κ3) is 3.26. The lowest BCUT2D eigenvalue weighted by molar-refractivity contribution is 0.0983. The molecule has 0 fully saturated rings. The van der Waals surface area contributed by atoms with Crippen LogP contribution < -0.4 is 0 Å². The SMILES string of the molecule is N#CC(C(=O)c1cc(Br)c(Br)s1)c1cccc(Cl)c1. The van der Waals surface area contributed by atoms with Gasteiger partial charge in [-0.25, -0.2) is 0 Å². The molecule has 1 heterocycles. The zero-order valence-electron chi connectivity index (χ0n) is 9.36. The van der Waals surface area contributed by atoms with Crippen LogP contribution >= 0.6 is 54.8 Å².